The van der Waals surface area contributed by atoms with Gasteiger partial charge in [-0.3, -0.25) is 9.59 Å². The lowest BCUT2D eigenvalue weighted by Gasteiger charge is -2.12. The maximum Gasteiger partial charge on any atom is 0.274 e. The van der Waals surface area contributed by atoms with Crippen LogP contribution in [-0.4, -0.2) is 21.4 Å². The van der Waals surface area contributed by atoms with E-state index in [1.54, 1.807) is 36.4 Å². The fourth-order valence-electron chi connectivity index (χ4n) is 4.15. The van der Waals surface area contributed by atoms with Gasteiger partial charge in [0, 0.05) is 26.5 Å². The summed E-state index contributed by atoms with van der Waals surface area (Å²) in [6.07, 6.45) is -0.121. The molecule has 1 N–H and O–H groups in total. The number of hydrogen-bond donors (Lipinski definition) is 1. The molecule has 0 aliphatic rings. The summed E-state index contributed by atoms with van der Waals surface area (Å²) in [4.78, 5) is 26.2. The lowest BCUT2D eigenvalue weighted by atomic mass is 10.0. The molecule has 0 fully saturated rings. The molecular formula is C30H22BrFN4O2. The van der Waals surface area contributed by atoms with Crippen LogP contribution >= 0.6 is 15.9 Å². The van der Waals surface area contributed by atoms with Gasteiger partial charge in [0.25, 0.3) is 5.56 Å². The minimum atomic E-state index is -0.454. The molecule has 38 heavy (non-hydrogen) atoms. The summed E-state index contributed by atoms with van der Waals surface area (Å²) in [5.74, 6) is -0.851. The Morgan fingerprint density at radius 2 is 1.47 bits per heavy atom. The zero-order chi connectivity index (χ0) is 26.5. The van der Waals surface area contributed by atoms with Crippen molar-refractivity contribution in [1.29, 1.82) is 0 Å². The van der Waals surface area contributed by atoms with E-state index in [0.29, 0.717) is 32.2 Å². The van der Waals surface area contributed by atoms with Gasteiger partial charge in [0.15, 0.2) is 0 Å². The molecule has 1 amide bonds. The van der Waals surface area contributed by atoms with E-state index in [4.69, 9.17) is 0 Å². The molecule has 0 saturated heterocycles. The van der Waals surface area contributed by atoms with Gasteiger partial charge in [-0.25, -0.2) is 14.5 Å². The highest BCUT2D eigenvalue weighted by atomic mass is 79.9. The first-order chi connectivity index (χ1) is 18.5. The van der Waals surface area contributed by atoms with Crippen LogP contribution in [0, 0.1) is 5.82 Å². The lowest BCUT2D eigenvalue weighted by Crippen LogP contribution is -2.28. The number of benzene rings is 4. The van der Waals surface area contributed by atoms with Crippen molar-refractivity contribution in [3.05, 3.63) is 146 Å². The molecule has 1 heterocycles. The SMILES string of the molecule is O=C(Cc1nn(Cc2ccc(Br)cc2F)c(=O)c2ccccc12)NN=C(c1ccccc1)c1ccccc1. The van der Waals surface area contributed by atoms with Crippen LogP contribution in [0.25, 0.3) is 10.8 Å². The van der Waals surface area contributed by atoms with E-state index < -0.39 is 11.7 Å². The number of hydrogen-bond acceptors (Lipinski definition) is 4. The Morgan fingerprint density at radius 3 is 2.11 bits per heavy atom. The summed E-state index contributed by atoms with van der Waals surface area (Å²) in [5, 5.41) is 9.86. The minimum absolute atomic E-state index is 0.0677. The highest BCUT2D eigenvalue weighted by molar-refractivity contribution is 9.10. The summed E-state index contributed by atoms with van der Waals surface area (Å²) in [7, 11) is 0. The predicted octanol–water partition coefficient (Wildman–Crippen LogP) is 5.46. The quantitative estimate of drug-likeness (QED) is 0.209. The van der Waals surface area contributed by atoms with Gasteiger partial charge in [-0.1, -0.05) is 101 Å². The van der Waals surface area contributed by atoms with Crippen LogP contribution in [0.2, 0.25) is 0 Å². The van der Waals surface area contributed by atoms with Crippen LogP contribution in [-0.2, 0) is 17.8 Å². The first-order valence-electron chi connectivity index (χ1n) is 11.9. The maximum atomic E-state index is 14.5. The molecule has 0 atom stereocenters. The molecule has 4 aromatic carbocycles. The van der Waals surface area contributed by atoms with E-state index in [1.807, 2.05) is 60.7 Å². The summed E-state index contributed by atoms with van der Waals surface area (Å²) < 4.78 is 16.3. The number of aromatic nitrogens is 2. The monoisotopic (exact) mass is 568 g/mol. The van der Waals surface area contributed by atoms with Crippen LogP contribution in [0.15, 0.2) is 117 Å². The third kappa shape index (κ3) is 5.60. The van der Waals surface area contributed by atoms with Crippen LogP contribution in [0.4, 0.5) is 4.39 Å². The molecule has 0 radical (unpaired) electrons. The first-order valence-corrected chi connectivity index (χ1v) is 12.7. The second kappa shape index (κ2) is 11.3. The van der Waals surface area contributed by atoms with E-state index in [9.17, 15) is 14.0 Å². The van der Waals surface area contributed by atoms with Crippen LogP contribution in [0.1, 0.15) is 22.4 Å². The molecule has 6 nitrogen and oxygen atoms in total. The third-order valence-electron chi connectivity index (χ3n) is 5.99. The van der Waals surface area contributed by atoms with E-state index >= 15 is 0 Å². The average molecular weight is 569 g/mol. The van der Waals surface area contributed by atoms with Crippen molar-refractivity contribution in [1.82, 2.24) is 15.2 Å². The summed E-state index contributed by atoms with van der Waals surface area (Å²) in [6, 6.07) is 30.7. The van der Waals surface area contributed by atoms with Gasteiger partial charge in [0.2, 0.25) is 5.91 Å². The first kappa shape index (κ1) is 25.2. The predicted molar refractivity (Wildman–Crippen MR) is 150 cm³/mol. The number of halogens is 2. The molecule has 0 aliphatic carbocycles. The fourth-order valence-corrected chi connectivity index (χ4v) is 4.49. The molecule has 0 unspecified atom stereocenters. The average Bonchev–Trinajstić information content (AvgIpc) is 2.94. The van der Waals surface area contributed by atoms with Gasteiger partial charge in [0.05, 0.1) is 29.8 Å². The molecule has 1 aromatic heterocycles. The normalized spacial score (nSPS) is 10.8. The summed E-state index contributed by atoms with van der Waals surface area (Å²) >= 11 is 3.24. The molecule has 0 bridgehead atoms. The Hall–Kier alpha value is -4.43. The number of rotatable bonds is 7. The maximum absolute atomic E-state index is 14.5. The van der Waals surface area contributed by atoms with Crippen LogP contribution in [0.3, 0.4) is 0 Å². The molecule has 5 rings (SSSR count). The Balaban J connectivity index is 1.47. The van der Waals surface area contributed by atoms with Crippen molar-refractivity contribution in [3.63, 3.8) is 0 Å². The van der Waals surface area contributed by atoms with Crippen molar-refractivity contribution >= 4 is 38.3 Å². The molecule has 8 heteroatoms. The third-order valence-corrected chi connectivity index (χ3v) is 6.49. The Labute approximate surface area is 226 Å². The molecule has 0 aliphatic heterocycles. The van der Waals surface area contributed by atoms with Crippen molar-refractivity contribution < 1.29 is 9.18 Å². The number of amides is 1. The smallest absolute Gasteiger partial charge is 0.273 e. The van der Waals surface area contributed by atoms with Crippen molar-refractivity contribution in [2.75, 3.05) is 0 Å². The number of nitrogens with zero attached hydrogens (tertiary/aromatic N) is 3. The molecular weight excluding hydrogens is 547 g/mol. The Kier molecular flexibility index (Phi) is 7.51. The number of carbonyl (C=O) groups is 1. The lowest BCUT2D eigenvalue weighted by molar-refractivity contribution is -0.120. The number of fused-ring (bicyclic) bond motifs is 1. The molecule has 0 spiro atoms. The highest BCUT2D eigenvalue weighted by Crippen LogP contribution is 2.18. The van der Waals surface area contributed by atoms with Crippen LogP contribution < -0.4 is 11.0 Å². The minimum Gasteiger partial charge on any atom is -0.273 e. The second-order valence-electron chi connectivity index (χ2n) is 8.60. The van der Waals surface area contributed by atoms with Gasteiger partial charge in [-0.15, -0.1) is 0 Å². The topological polar surface area (TPSA) is 76.3 Å². The molecule has 5 aromatic rings. The Bertz CT molecular complexity index is 1660. The van der Waals surface area contributed by atoms with E-state index in [0.717, 1.165) is 11.1 Å². The number of hydrazone groups is 1. The van der Waals surface area contributed by atoms with E-state index in [1.165, 1.54) is 10.7 Å². The van der Waals surface area contributed by atoms with E-state index in [-0.39, 0.29) is 18.5 Å². The van der Waals surface area contributed by atoms with Gasteiger partial charge >= 0.3 is 0 Å². The van der Waals surface area contributed by atoms with Crippen molar-refractivity contribution in [2.45, 2.75) is 13.0 Å². The largest absolute Gasteiger partial charge is 0.274 e. The number of carbonyl (C=O) groups excluding carboxylic acids is 1. The highest BCUT2D eigenvalue weighted by Gasteiger charge is 2.16. The van der Waals surface area contributed by atoms with E-state index in [2.05, 4.69) is 31.6 Å². The fraction of sp³-hybridized carbons (Fsp3) is 0.0667. The van der Waals surface area contributed by atoms with Crippen molar-refractivity contribution in [2.24, 2.45) is 5.10 Å². The standard InChI is InChI=1S/C30H22BrFN4O2/c31-23-16-15-22(26(32)17-23)19-36-30(38)25-14-8-7-13-24(25)27(35-36)18-28(37)33-34-29(20-9-3-1-4-10-20)21-11-5-2-6-12-21/h1-17H,18-19H2,(H,33,37). The van der Waals surface area contributed by atoms with Gasteiger partial charge in [-0.2, -0.15) is 10.2 Å². The zero-order valence-electron chi connectivity index (χ0n) is 20.1. The number of nitrogens with one attached hydrogen (secondary N) is 1. The van der Waals surface area contributed by atoms with Crippen LogP contribution in [0.5, 0.6) is 0 Å². The summed E-state index contributed by atoms with van der Waals surface area (Å²) in [6.45, 7) is -0.0677. The zero-order valence-corrected chi connectivity index (χ0v) is 21.7. The van der Waals surface area contributed by atoms with Gasteiger partial charge < -0.3 is 0 Å². The van der Waals surface area contributed by atoms with Crippen molar-refractivity contribution in [3.8, 4) is 0 Å². The summed E-state index contributed by atoms with van der Waals surface area (Å²) in [5.41, 5.74) is 5.32. The molecule has 0 saturated carbocycles. The van der Waals surface area contributed by atoms with Gasteiger partial charge in [-0.05, 0) is 18.2 Å². The second-order valence-corrected chi connectivity index (χ2v) is 9.51. The van der Waals surface area contributed by atoms with Gasteiger partial charge in [0.1, 0.15) is 5.82 Å². The Morgan fingerprint density at radius 1 is 0.868 bits per heavy atom. The molecule has 188 valence electrons.